The van der Waals surface area contributed by atoms with Crippen LogP contribution in [0.3, 0.4) is 0 Å². The number of thioether (sulfide) groups is 1. The summed E-state index contributed by atoms with van der Waals surface area (Å²) in [6, 6.07) is 1.99. The molecule has 0 aromatic carbocycles. The summed E-state index contributed by atoms with van der Waals surface area (Å²) in [6.07, 6.45) is 10.2. The zero-order chi connectivity index (χ0) is 21.3. The van der Waals surface area contributed by atoms with Crippen LogP contribution < -0.4 is 0 Å². The first-order chi connectivity index (χ1) is 14.3. The van der Waals surface area contributed by atoms with E-state index in [1.807, 2.05) is 61.9 Å². The summed E-state index contributed by atoms with van der Waals surface area (Å²) in [4.78, 5) is 19.2. The largest absolute Gasteiger partial charge is 0.444 e. The number of ether oxygens (including phenoxy) is 1. The van der Waals surface area contributed by atoms with Crippen molar-refractivity contribution < 1.29 is 9.53 Å². The molecule has 1 fully saturated rings. The minimum Gasteiger partial charge on any atom is -0.444 e. The Morgan fingerprint density at radius 3 is 2.77 bits per heavy atom. The van der Waals surface area contributed by atoms with Crippen LogP contribution in [0.4, 0.5) is 4.79 Å². The lowest BCUT2D eigenvalue weighted by atomic mass is 10.2. The van der Waals surface area contributed by atoms with Crippen molar-refractivity contribution in [3.8, 4) is 11.3 Å². The SMILES string of the molecule is Cn1cc(-c2cn3nccc3c(SC3CCCN(C(=O)OC(C)(C)C)CC3)n2)cn1. The number of carbonyl (C=O) groups excluding carboxylic acids is 1. The molecule has 9 heteroatoms. The Morgan fingerprint density at radius 1 is 1.20 bits per heavy atom. The smallest absolute Gasteiger partial charge is 0.410 e. The molecule has 1 saturated heterocycles. The first-order valence-electron chi connectivity index (χ1n) is 10.3. The van der Waals surface area contributed by atoms with E-state index in [1.54, 1.807) is 22.6 Å². The van der Waals surface area contributed by atoms with Crippen LogP contribution in [0.5, 0.6) is 0 Å². The molecule has 1 aliphatic heterocycles. The zero-order valence-electron chi connectivity index (χ0n) is 17.9. The van der Waals surface area contributed by atoms with E-state index in [2.05, 4.69) is 10.2 Å². The first kappa shape index (κ1) is 20.7. The van der Waals surface area contributed by atoms with E-state index in [0.29, 0.717) is 11.8 Å². The second kappa shape index (κ2) is 8.29. The topological polar surface area (TPSA) is 77.5 Å². The predicted octanol–water partition coefficient (Wildman–Crippen LogP) is 4.01. The summed E-state index contributed by atoms with van der Waals surface area (Å²) >= 11 is 1.78. The van der Waals surface area contributed by atoms with Crippen LogP contribution in [0.25, 0.3) is 16.8 Å². The van der Waals surface area contributed by atoms with Crippen LogP contribution in [0.1, 0.15) is 40.0 Å². The van der Waals surface area contributed by atoms with E-state index in [1.165, 1.54) is 0 Å². The molecule has 0 spiro atoms. The van der Waals surface area contributed by atoms with Crippen LogP contribution >= 0.6 is 11.8 Å². The molecule has 1 atom stereocenters. The molecule has 160 valence electrons. The zero-order valence-corrected chi connectivity index (χ0v) is 18.7. The molecule has 1 aliphatic rings. The van der Waals surface area contributed by atoms with Gasteiger partial charge in [-0.3, -0.25) is 4.68 Å². The number of rotatable bonds is 3. The highest BCUT2D eigenvalue weighted by Crippen LogP contribution is 2.33. The van der Waals surface area contributed by atoms with E-state index in [-0.39, 0.29) is 6.09 Å². The third-order valence-electron chi connectivity index (χ3n) is 4.96. The summed E-state index contributed by atoms with van der Waals surface area (Å²) < 4.78 is 9.20. The van der Waals surface area contributed by atoms with Gasteiger partial charge in [0, 0.05) is 37.1 Å². The Labute approximate surface area is 180 Å². The number of fused-ring (bicyclic) bond motifs is 1. The third kappa shape index (κ3) is 4.77. The van der Waals surface area contributed by atoms with Gasteiger partial charge in [-0.2, -0.15) is 10.2 Å². The molecule has 1 amide bonds. The lowest BCUT2D eigenvalue weighted by molar-refractivity contribution is 0.0257. The van der Waals surface area contributed by atoms with E-state index in [4.69, 9.17) is 9.72 Å². The minimum atomic E-state index is -0.470. The highest BCUT2D eigenvalue weighted by molar-refractivity contribution is 8.00. The Balaban J connectivity index is 1.50. The number of hydrogen-bond acceptors (Lipinski definition) is 6. The fraction of sp³-hybridized carbons (Fsp3) is 0.524. The number of hydrogen-bond donors (Lipinski definition) is 0. The summed E-state index contributed by atoms with van der Waals surface area (Å²) in [5.41, 5.74) is 2.35. The maximum absolute atomic E-state index is 12.4. The number of nitrogens with zero attached hydrogens (tertiary/aromatic N) is 6. The van der Waals surface area contributed by atoms with Gasteiger partial charge in [0.05, 0.1) is 29.8 Å². The molecule has 4 rings (SSSR count). The number of aromatic nitrogens is 5. The van der Waals surface area contributed by atoms with Crippen molar-refractivity contribution in [1.82, 2.24) is 29.3 Å². The van der Waals surface area contributed by atoms with Gasteiger partial charge in [-0.05, 0) is 46.1 Å². The number of carbonyl (C=O) groups is 1. The van der Waals surface area contributed by atoms with Crippen molar-refractivity contribution in [2.45, 2.75) is 55.9 Å². The van der Waals surface area contributed by atoms with E-state index < -0.39 is 5.60 Å². The van der Waals surface area contributed by atoms with Gasteiger partial charge in [-0.15, -0.1) is 11.8 Å². The van der Waals surface area contributed by atoms with E-state index in [0.717, 1.165) is 47.6 Å². The van der Waals surface area contributed by atoms with Gasteiger partial charge in [0.1, 0.15) is 10.6 Å². The van der Waals surface area contributed by atoms with Crippen molar-refractivity contribution in [2.24, 2.45) is 7.05 Å². The summed E-state index contributed by atoms with van der Waals surface area (Å²) in [5, 5.41) is 10.0. The van der Waals surface area contributed by atoms with Crippen LogP contribution in [0.2, 0.25) is 0 Å². The summed E-state index contributed by atoms with van der Waals surface area (Å²) in [5.74, 6) is 0. The maximum atomic E-state index is 12.4. The molecular formula is C21H28N6O2S. The monoisotopic (exact) mass is 428 g/mol. The molecule has 30 heavy (non-hydrogen) atoms. The van der Waals surface area contributed by atoms with Crippen LogP contribution in [0, 0.1) is 0 Å². The number of aryl methyl sites for hydroxylation is 1. The molecule has 4 heterocycles. The normalized spacial score (nSPS) is 17.9. The fourth-order valence-electron chi connectivity index (χ4n) is 3.53. The molecule has 0 radical (unpaired) electrons. The van der Waals surface area contributed by atoms with Crippen LogP contribution in [-0.2, 0) is 11.8 Å². The van der Waals surface area contributed by atoms with Crippen molar-refractivity contribution >= 4 is 23.4 Å². The van der Waals surface area contributed by atoms with Crippen molar-refractivity contribution in [3.05, 3.63) is 30.9 Å². The van der Waals surface area contributed by atoms with Gasteiger partial charge in [-0.25, -0.2) is 14.3 Å². The van der Waals surface area contributed by atoms with Crippen molar-refractivity contribution in [3.63, 3.8) is 0 Å². The van der Waals surface area contributed by atoms with Gasteiger partial charge in [-0.1, -0.05) is 0 Å². The molecular weight excluding hydrogens is 400 g/mol. The fourth-order valence-corrected chi connectivity index (χ4v) is 4.78. The molecule has 3 aromatic rings. The quantitative estimate of drug-likeness (QED) is 0.627. The number of amides is 1. The van der Waals surface area contributed by atoms with E-state index in [9.17, 15) is 4.79 Å². The summed E-state index contributed by atoms with van der Waals surface area (Å²) in [6.45, 7) is 7.14. The molecule has 8 nitrogen and oxygen atoms in total. The van der Waals surface area contributed by atoms with Gasteiger partial charge in [0.2, 0.25) is 0 Å². The second-order valence-corrected chi connectivity index (χ2v) is 9.92. The van der Waals surface area contributed by atoms with Crippen LogP contribution in [-0.4, -0.2) is 59.3 Å². The van der Waals surface area contributed by atoms with Gasteiger partial charge < -0.3 is 9.64 Å². The standard InChI is InChI=1S/C21H28N6O2S/c1-21(2,3)29-20(28)26-10-5-6-16(8-11-26)30-19-18-7-9-22-27(18)14-17(24-19)15-12-23-25(4)13-15/h7,9,12-14,16H,5-6,8,10-11H2,1-4H3. The molecule has 0 bridgehead atoms. The van der Waals surface area contributed by atoms with Crippen molar-refractivity contribution in [1.29, 1.82) is 0 Å². The molecule has 0 N–H and O–H groups in total. The average Bonchev–Trinajstić information content (AvgIpc) is 3.25. The average molecular weight is 429 g/mol. The minimum absolute atomic E-state index is 0.219. The maximum Gasteiger partial charge on any atom is 0.410 e. The van der Waals surface area contributed by atoms with E-state index >= 15 is 0 Å². The van der Waals surface area contributed by atoms with Gasteiger partial charge >= 0.3 is 6.09 Å². The highest BCUT2D eigenvalue weighted by atomic mass is 32.2. The Morgan fingerprint density at radius 2 is 2.03 bits per heavy atom. The second-order valence-electron chi connectivity index (χ2n) is 8.63. The van der Waals surface area contributed by atoms with Crippen molar-refractivity contribution in [2.75, 3.05) is 13.1 Å². The Hall–Kier alpha value is -2.55. The summed E-state index contributed by atoms with van der Waals surface area (Å²) in [7, 11) is 1.90. The number of likely N-dealkylation sites (tertiary alicyclic amines) is 1. The third-order valence-corrected chi connectivity index (χ3v) is 6.29. The highest BCUT2D eigenvalue weighted by Gasteiger charge is 2.26. The van der Waals surface area contributed by atoms with Gasteiger partial charge in [0.25, 0.3) is 0 Å². The van der Waals surface area contributed by atoms with Gasteiger partial charge in [0.15, 0.2) is 0 Å². The Kier molecular flexibility index (Phi) is 5.73. The van der Waals surface area contributed by atoms with Crippen LogP contribution in [0.15, 0.2) is 35.9 Å². The first-order valence-corrected chi connectivity index (χ1v) is 11.1. The predicted molar refractivity (Wildman–Crippen MR) is 116 cm³/mol. The molecule has 3 aromatic heterocycles. The Bertz CT molecular complexity index is 1040. The molecule has 1 unspecified atom stereocenters. The lowest BCUT2D eigenvalue weighted by Gasteiger charge is -2.26. The molecule has 0 aliphatic carbocycles. The lowest BCUT2D eigenvalue weighted by Crippen LogP contribution is -2.37. The molecule has 0 saturated carbocycles.